The molecule has 1 aliphatic heterocycles. The largest absolute Gasteiger partial charge is 0.496 e. The summed E-state index contributed by atoms with van der Waals surface area (Å²) < 4.78 is 116. The number of thioether (sulfide) groups is 1. The highest BCUT2D eigenvalue weighted by molar-refractivity contribution is 8.00. The molecule has 1 aliphatic rings. The summed E-state index contributed by atoms with van der Waals surface area (Å²) in [5.41, 5.74) is -1.22. The molecule has 0 spiro atoms. The molecule has 2 nitrogen and oxygen atoms in total. The van der Waals surface area contributed by atoms with Crippen LogP contribution >= 0.6 is 11.8 Å². The number of hydrogen-bond donors (Lipinski definition) is 0. The first-order valence-corrected chi connectivity index (χ1v) is 10.3. The second-order valence-corrected chi connectivity index (χ2v) is 8.76. The van der Waals surface area contributed by atoms with Crippen molar-refractivity contribution in [3.63, 3.8) is 0 Å². The molecule has 0 fully saturated rings. The Morgan fingerprint density at radius 3 is 2.25 bits per heavy atom. The second kappa shape index (κ2) is 8.64. The summed E-state index contributed by atoms with van der Waals surface area (Å²) in [6.07, 6.45) is -6.23. The zero-order valence-corrected chi connectivity index (χ0v) is 17.8. The van der Waals surface area contributed by atoms with Crippen LogP contribution in [0.2, 0.25) is 0 Å². The molecule has 2 aromatic rings. The smallest absolute Gasteiger partial charge is 0.420 e. The summed E-state index contributed by atoms with van der Waals surface area (Å²) >= 11 is 0.00280. The van der Waals surface area contributed by atoms with Crippen LogP contribution in [0.5, 0.6) is 5.75 Å². The van der Waals surface area contributed by atoms with Crippen LogP contribution in [0.25, 0.3) is 0 Å². The van der Waals surface area contributed by atoms with E-state index in [-0.39, 0.29) is 28.0 Å². The summed E-state index contributed by atoms with van der Waals surface area (Å²) in [5, 5.41) is -3.56. The molecule has 0 saturated heterocycles. The quantitative estimate of drug-likeness (QED) is 0.402. The predicted molar refractivity (Wildman–Crippen MR) is 106 cm³/mol. The van der Waals surface area contributed by atoms with Gasteiger partial charge in [0.25, 0.3) is 0 Å². The molecule has 176 valence electrons. The van der Waals surface area contributed by atoms with Gasteiger partial charge in [0.05, 0.1) is 24.3 Å². The third-order valence-corrected chi connectivity index (χ3v) is 6.22. The minimum absolute atomic E-state index is 0.00280. The summed E-state index contributed by atoms with van der Waals surface area (Å²) in [6.45, 7) is 0.0697. The first-order chi connectivity index (χ1) is 14.7. The topological polar surface area (TPSA) is 12.5 Å². The van der Waals surface area contributed by atoms with Crippen molar-refractivity contribution >= 4 is 23.1 Å². The maximum absolute atomic E-state index is 15.1. The SMILES string of the molecule is COc1cc2c(cc1C(F)(F)F)N(c1ccc(F)cc1)CC(CCC(C)(F)F)C(F)(F)S2. The van der Waals surface area contributed by atoms with Crippen molar-refractivity contribution in [2.75, 3.05) is 18.6 Å². The Kier molecular flexibility index (Phi) is 6.61. The normalized spacial score (nSPS) is 18.8. The van der Waals surface area contributed by atoms with E-state index in [9.17, 15) is 26.3 Å². The third-order valence-electron chi connectivity index (χ3n) is 5.07. The van der Waals surface area contributed by atoms with E-state index in [0.717, 1.165) is 25.3 Å². The van der Waals surface area contributed by atoms with Crippen molar-refractivity contribution in [1.82, 2.24) is 0 Å². The number of methoxy groups -OCH3 is 1. The fourth-order valence-corrected chi connectivity index (χ4v) is 4.53. The molecule has 0 radical (unpaired) electrons. The molecule has 0 aromatic heterocycles. The van der Waals surface area contributed by atoms with Crippen molar-refractivity contribution in [1.29, 1.82) is 0 Å². The Balaban J connectivity index is 2.17. The predicted octanol–water partition coefficient (Wildman–Crippen LogP) is 7.74. The maximum Gasteiger partial charge on any atom is 0.420 e. The van der Waals surface area contributed by atoms with Gasteiger partial charge in [-0.05, 0) is 61.5 Å². The Bertz CT molecular complexity index is 956. The zero-order valence-electron chi connectivity index (χ0n) is 17.0. The van der Waals surface area contributed by atoms with E-state index in [4.69, 9.17) is 4.74 Å². The van der Waals surface area contributed by atoms with Crippen LogP contribution in [0.4, 0.5) is 46.5 Å². The van der Waals surface area contributed by atoms with Crippen molar-refractivity contribution < 1.29 is 39.9 Å². The van der Waals surface area contributed by atoms with Crippen LogP contribution in [0.1, 0.15) is 25.3 Å². The number of ether oxygens (including phenoxy) is 1. The summed E-state index contributed by atoms with van der Waals surface area (Å²) in [4.78, 5) is 0.963. The molecule has 1 atom stereocenters. The van der Waals surface area contributed by atoms with Gasteiger partial charge in [-0.3, -0.25) is 0 Å². The number of alkyl halides is 7. The van der Waals surface area contributed by atoms with Gasteiger partial charge in [0, 0.05) is 23.5 Å². The van der Waals surface area contributed by atoms with E-state index < -0.39 is 59.8 Å². The molecule has 11 heteroatoms. The Hall–Kier alpha value is -2.17. The Morgan fingerprint density at radius 1 is 1.09 bits per heavy atom. The number of hydrogen-bond acceptors (Lipinski definition) is 3. The van der Waals surface area contributed by atoms with Crippen LogP contribution in [0.3, 0.4) is 0 Å². The van der Waals surface area contributed by atoms with Gasteiger partial charge in [-0.2, -0.15) is 22.0 Å². The summed E-state index contributed by atoms with van der Waals surface area (Å²) in [7, 11) is 0.986. The number of fused-ring (bicyclic) bond motifs is 1. The van der Waals surface area contributed by atoms with E-state index in [1.807, 2.05) is 0 Å². The van der Waals surface area contributed by atoms with Gasteiger partial charge in [0.15, 0.2) is 0 Å². The number of nitrogens with zero attached hydrogens (tertiary/aromatic N) is 1. The van der Waals surface area contributed by atoms with Crippen LogP contribution < -0.4 is 9.64 Å². The molecule has 1 unspecified atom stereocenters. The standard InChI is InChI=1S/C21H19F8NOS/c1-19(23,24)8-7-12-11-30(14-5-3-13(22)4-6-14)16-9-15(20(25,26)27)17(31-2)10-18(16)32-21(12,28)29/h3-6,9-10,12H,7-8,11H2,1-2H3. The lowest BCUT2D eigenvalue weighted by Crippen LogP contribution is -2.34. The van der Waals surface area contributed by atoms with Gasteiger partial charge >= 0.3 is 11.4 Å². The Morgan fingerprint density at radius 2 is 1.72 bits per heavy atom. The minimum atomic E-state index is -4.84. The molecular formula is C21H19F8NOS. The lowest BCUT2D eigenvalue weighted by atomic mass is 9.99. The molecule has 32 heavy (non-hydrogen) atoms. The second-order valence-electron chi connectivity index (χ2n) is 7.57. The van der Waals surface area contributed by atoms with Crippen LogP contribution in [0.15, 0.2) is 41.3 Å². The highest BCUT2D eigenvalue weighted by Crippen LogP contribution is 2.54. The molecule has 2 aromatic carbocycles. The van der Waals surface area contributed by atoms with Gasteiger partial charge in [-0.15, -0.1) is 0 Å². The Labute approximate surface area is 183 Å². The van der Waals surface area contributed by atoms with Crippen molar-refractivity contribution in [2.24, 2.45) is 5.92 Å². The van der Waals surface area contributed by atoms with E-state index in [2.05, 4.69) is 0 Å². The molecule has 3 rings (SSSR count). The summed E-state index contributed by atoms with van der Waals surface area (Å²) in [5.74, 6) is -6.07. The number of rotatable bonds is 5. The maximum atomic E-state index is 15.1. The first-order valence-electron chi connectivity index (χ1n) is 9.48. The average molecular weight is 485 g/mol. The fraction of sp³-hybridized carbons (Fsp3) is 0.429. The number of anilines is 2. The van der Waals surface area contributed by atoms with Crippen LogP contribution in [-0.4, -0.2) is 24.8 Å². The monoisotopic (exact) mass is 485 g/mol. The molecule has 0 bridgehead atoms. The van der Waals surface area contributed by atoms with E-state index in [0.29, 0.717) is 13.0 Å². The molecular weight excluding hydrogens is 466 g/mol. The van der Waals surface area contributed by atoms with Gasteiger partial charge < -0.3 is 9.64 Å². The van der Waals surface area contributed by atoms with Gasteiger partial charge in [-0.1, -0.05) is 0 Å². The van der Waals surface area contributed by atoms with E-state index in [1.54, 1.807) is 0 Å². The molecule has 0 saturated carbocycles. The van der Waals surface area contributed by atoms with E-state index >= 15 is 8.78 Å². The summed E-state index contributed by atoms with van der Waals surface area (Å²) in [6, 6.07) is 6.09. The third kappa shape index (κ3) is 5.41. The van der Waals surface area contributed by atoms with Gasteiger partial charge in [-0.25, -0.2) is 13.2 Å². The number of halogens is 8. The molecule has 0 aliphatic carbocycles. The zero-order chi connectivity index (χ0) is 23.9. The first kappa shape index (κ1) is 24.5. The highest BCUT2D eigenvalue weighted by Gasteiger charge is 2.47. The molecule has 0 N–H and O–H groups in total. The molecule has 1 heterocycles. The van der Waals surface area contributed by atoms with Crippen molar-refractivity contribution in [2.45, 2.75) is 42.0 Å². The lowest BCUT2D eigenvalue weighted by Gasteiger charge is -2.30. The highest BCUT2D eigenvalue weighted by atomic mass is 32.2. The lowest BCUT2D eigenvalue weighted by molar-refractivity contribution is -0.138. The number of benzene rings is 2. The van der Waals surface area contributed by atoms with Crippen LogP contribution in [0, 0.1) is 11.7 Å². The van der Waals surface area contributed by atoms with Gasteiger partial charge in [0.2, 0.25) is 5.92 Å². The van der Waals surface area contributed by atoms with Gasteiger partial charge in [0.1, 0.15) is 11.6 Å². The van der Waals surface area contributed by atoms with Crippen LogP contribution in [-0.2, 0) is 6.18 Å². The van der Waals surface area contributed by atoms with Crippen molar-refractivity contribution in [3.8, 4) is 5.75 Å². The van der Waals surface area contributed by atoms with Crippen molar-refractivity contribution in [3.05, 3.63) is 47.8 Å². The van der Waals surface area contributed by atoms with E-state index in [1.165, 1.54) is 17.0 Å². The average Bonchev–Trinajstić information content (AvgIpc) is 2.77. The minimum Gasteiger partial charge on any atom is -0.496 e. The fourth-order valence-electron chi connectivity index (χ4n) is 3.44. The molecule has 0 amide bonds.